The Morgan fingerprint density at radius 1 is 1.24 bits per heavy atom. The second-order valence-electron chi connectivity index (χ2n) is 7.49. The summed E-state index contributed by atoms with van der Waals surface area (Å²) in [6.45, 7) is 3.70. The lowest BCUT2D eigenvalue weighted by Crippen LogP contribution is -2.35. The van der Waals surface area contributed by atoms with Crippen LogP contribution >= 0.6 is 0 Å². The van der Waals surface area contributed by atoms with E-state index < -0.39 is 11.6 Å². The summed E-state index contributed by atoms with van der Waals surface area (Å²) in [7, 11) is 0. The maximum atomic E-state index is 14.0. The minimum absolute atomic E-state index is 0.0643. The van der Waals surface area contributed by atoms with Gasteiger partial charge in [-0.05, 0) is 18.9 Å². The average Bonchev–Trinajstić information content (AvgIpc) is 3.32. The number of nitrogens with one attached hydrogen (secondary N) is 1. The minimum atomic E-state index is -0.565. The fourth-order valence-corrected chi connectivity index (χ4v) is 3.86. The molecular weight excluding hydrogens is 380 g/mol. The van der Waals surface area contributed by atoms with Gasteiger partial charge in [-0.2, -0.15) is 0 Å². The average molecular weight is 405 g/mol. The quantitative estimate of drug-likeness (QED) is 0.788. The van der Waals surface area contributed by atoms with Gasteiger partial charge in [0.15, 0.2) is 0 Å². The van der Waals surface area contributed by atoms with Crippen LogP contribution in [0.3, 0.4) is 0 Å². The van der Waals surface area contributed by atoms with Gasteiger partial charge in [0.1, 0.15) is 29.4 Å². The van der Waals surface area contributed by atoms with Crippen molar-refractivity contribution in [3.63, 3.8) is 0 Å². The third-order valence-electron chi connectivity index (χ3n) is 5.47. The van der Waals surface area contributed by atoms with Gasteiger partial charge >= 0.3 is 0 Å². The lowest BCUT2D eigenvalue weighted by atomic mass is 10.2. The molecule has 1 saturated heterocycles. The summed E-state index contributed by atoms with van der Waals surface area (Å²) >= 11 is 0. The largest absolute Gasteiger partial charge is 0.368 e. The summed E-state index contributed by atoms with van der Waals surface area (Å²) in [6.07, 6.45) is 2.67. The van der Waals surface area contributed by atoms with E-state index in [1.165, 1.54) is 12.1 Å². The first kappa shape index (κ1) is 19.9. The zero-order valence-electron chi connectivity index (χ0n) is 16.2. The minimum Gasteiger partial charge on any atom is -0.368 e. The summed E-state index contributed by atoms with van der Waals surface area (Å²) in [5, 5.41) is 11.5. The van der Waals surface area contributed by atoms with Crippen molar-refractivity contribution in [1.82, 2.24) is 25.0 Å². The first-order valence-corrected chi connectivity index (χ1v) is 10.1. The van der Waals surface area contributed by atoms with E-state index in [1.807, 2.05) is 0 Å². The topological polar surface area (TPSA) is 72.3 Å². The van der Waals surface area contributed by atoms with Crippen molar-refractivity contribution in [2.24, 2.45) is 0 Å². The number of halogens is 2. The lowest BCUT2D eigenvalue weighted by molar-refractivity contribution is -0.130. The van der Waals surface area contributed by atoms with Gasteiger partial charge in [-0.3, -0.25) is 9.69 Å². The van der Waals surface area contributed by atoms with Gasteiger partial charge < -0.3 is 14.6 Å². The third-order valence-corrected chi connectivity index (χ3v) is 5.47. The maximum Gasteiger partial charge on any atom is 0.249 e. The van der Waals surface area contributed by atoms with Gasteiger partial charge in [0.25, 0.3) is 0 Å². The number of amides is 1. The zero-order valence-corrected chi connectivity index (χ0v) is 16.2. The molecule has 1 aromatic carbocycles. The van der Waals surface area contributed by atoms with Gasteiger partial charge in [-0.1, -0.05) is 6.07 Å². The highest BCUT2D eigenvalue weighted by Gasteiger charge is 2.24. The van der Waals surface area contributed by atoms with Crippen LogP contribution in [0.15, 0.2) is 18.2 Å². The molecule has 7 nitrogen and oxygen atoms in total. The maximum absolute atomic E-state index is 14.0. The number of carbonyl (C=O) groups is 1. The summed E-state index contributed by atoms with van der Waals surface area (Å²) in [6, 6.07) is 3.71. The molecule has 29 heavy (non-hydrogen) atoms. The molecule has 1 N–H and O–H groups in total. The smallest absolute Gasteiger partial charge is 0.249 e. The van der Waals surface area contributed by atoms with E-state index in [1.54, 1.807) is 0 Å². The van der Waals surface area contributed by atoms with Crippen molar-refractivity contribution in [2.75, 3.05) is 26.2 Å². The second kappa shape index (κ2) is 8.96. The molecule has 1 unspecified atom stereocenters. The Morgan fingerprint density at radius 3 is 2.93 bits per heavy atom. The molecule has 1 fully saturated rings. The summed E-state index contributed by atoms with van der Waals surface area (Å²) in [5.41, 5.74) is 0.487. The molecule has 1 aromatic heterocycles. The predicted octanol–water partition coefficient (Wildman–Crippen LogP) is 1.45. The Bertz CT molecular complexity index is 867. The molecule has 9 heteroatoms. The number of carbonyl (C=O) groups excluding carboxylic acids is 1. The molecule has 3 heterocycles. The van der Waals surface area contributed by atoms with Gasteiger partial charge in [0.05, 0.1) is 0 Å². The fourth-order valence-electron chi connectivity index (χ4n) is 3.86. The van der Waals surface area contributed by atoms with Crippen LogP contribution in [0.25, 0.3) is 0 Å². The SMILES string of the molecule is O=C(NCCc1nnc2n1CCN(Cc1ccc(F)cc1F)CC2)C1CCCO1. The molecule has 0 saturated carbocycles. The third kappa shape index (κ3) is 4.79. The first-order chi connectivity index (χ1) is 14.1. The van der Waals surface area contributed by atoms with E-state index in [2.05, 4.69) is 25.0 Å². The van der Waals surface area contributed by atoms with Gasteiger partial charge in [-0.15, -0.1) is 10.2 Å². The van der Waals surface area contributed by atoms with Crippen LogP contribution in [0, 0.1) is 11.6 Å². The summed E-state index contributed by atoms with van der Waals surface area (Å²) in [4.78, 5) is 14.2. The van der Waals surface area contributed by atoms with Crippen molar-refractivity contribution in [3.8, 4) is 0 Å². The zero-order chi connectivity index (χ0) is 20.2. The van der Waals surface area contributed by atoms with Crippen molar-refractivity contribution in [2.45, 2.75) is 44.9 Å². The number of nitrogens with zero attached hydrogens (tertiary/aromatic N) is 4. The van der Waals surface area contributed by atoms with E-state index in [0.29, 0.717) is 44.6 Å². The van der Waals surface area contributed by atoms with E-state index in [0.717, 1.165) is 43.6 Å². The molecule has 0 spiro atoms. The number of fused-ring (bicyclic) bond motifs is 1. The van der Waals surface area contributed by atoms with Crippen LogP contribution in [0.5, 0.6) is 0 Å². The standard InChI is InChI=1S/C20H25F2N5O2/c21-15-4-3-14(16(22)12-15)13-26-8-6-19-25-24-18(27(19)10-9-26)5-7-23-20(28)17-2-1-11-29-17/h3-4,12,17H,1-2,5-11,13H2,(H,23,28). The highest BCUT2D eigenvalue weighted by Crippen LogP contribution is 2.16. The molecule has 0 radical (unpaired) electrons. The molecule has 0 aliphatic carbocycles. The number of rotatable bonds is 6. The number of aromatic nitrogens is 3. The van der Waals surface area contributed by atoms with E-state index >= 15 is 0 Å². The lowest BCUT2D eigenvalue weighted by Gasteiger charge is -2.20. The summed E-state index contributed by atoms with van der Waals surface area (Å²) < 4.78 is 34.5. The first-order valence-electron chi connectivity index (χ1n) is 10.1. The Balaban J connectivity index is 1.31. The molecule has 2 aromatic rings. The monoisotopic (exact) mass is 405 g/mol. The van der Waals surface area contributed by atoms with Crippen LogP contribution < -0.4 is 5.32 Å². The van der Waals surface area contributed by atoms with Crippen LogP contribution in [0.2, 0.25) is 0 Å². The molecule has 2 aliphatic rings. The van der Waals surface area contributed by atoms with Crippen molar-refractivity contribution in [1.29, 1.82) is 0 Å². The van der Waals surface area contributed by atoms with Crippen LogP contribution in [-0.4, -0.2) is 57.9 Å². The second-order valence-corrected chi connectivity index (χ2v) is 7.49. The predicted molar refractivity (Wildman–Crippen MR) is 101 cm³/mol. The number of hydrogen-bond donors (Lipinski definition) is 1. The van der Waals surface area contributed by atoms with Crippen molar-refractivity contribution in [3.05, 3.63) is 47.0 Å². The van der Waals surface area contributed by atoms with Crippen molar-refractivity contribution < 1.29 is 18.3 Å². The molecule has 4 rings (SSSR count). The molecule has 2 aliphatic heterocycles. The Kier molecular flexibility index (Phi) is 6.15. The molecule has 1 amide bonds. The van der Waals surface area contributed by atoms with Crippen molar-refractivity contribution >= 4 is 5.91 Å². The summed E-state index contributed by atoms with van der Waals surface area (Å²) in [5.74, 6) is 0.585. The van der Waals surface area contributed by atoms with Crippen LogP contribution in [0.4, 0.5) is 8.78 Å². The van der Waals surface area contributed by atoms with E-state index in [-0.39, 0.29) is 12.0 Å². The van der Waals surface area contributed by atoms with Gasteiger partial charge in [-0.25, -0.2) is 8.78 Å². The van der Waals surface area contributed by atoms with E-state index in [4.69, 9.17) is 4.74 Å². The van der Waals surface area contributed by atoms with Gasteiger partial charge in [0.2, 0.25) is 5.91 Å². The number of benzene rings is 1. The number of hydrogen-bond acceptors (Lipinski definition) is 5. The molecular formula is C20H25F2N5O2. The number of ether oxygens (including phenoxy) is 1. The highest BCUT2D eigenvalue weighted by molar-refractivity contribution is 5.80. The Hall–Kier alpha value is -2.39. The Labute approximate surface area is 168 Å². The van der Waals surface area contributed by atoms with Crippen LogP contribution in [-0.2, 0) is 35.5 Å². The normalized spacial score (nSPS) is 19.7. The van der Waals surface area contributed by atoms with Gasteiger partial charge in [0, 0.05) is 63.8 Å². The highest BCUT2D eigenvalue weighted by atomic mass is 19.1. The molecule has 0 bridgehead atoms. The molecule has 156 valence electrons. The Morgan fingerprint density at radius 2 is 2.14 bits per heavy atom. The van der Waals surface area contributed by atoms with E-state index in [9.17, 15) is 13.6 Å². The molecule has 1 atom stereocenters. The van der Waals surface area contributed by atoms with Crippen LogP contribution in [0.1, 0.15) is 30.1 Å². The fraction of sp³-hybridized carbons (Fsp3) is 0.550.